The summed E-state index contributed by atoms with van der Waals surface area (Å²) >= 11 is 0. The summed E-state index contributed by atoms with van der Waals surface area (Å²) in [5.74, 6) is -0.258. The van der Waals surface area contributed by atoms with E-state index in [1.807, 2.05) is 36.5 Å². The lowest BCUT2D eigenvalue weighted by Crippen LogP contribution is -2.45. The van der Waals surface area contributed by atoms with E-state index in [4.69, 9.17) is 0 Å². The van der Waals surface area contributed by atoms with Crippen LogP contribution in [0.4, 0.5) is 0 Å². The van der Waals surface area contributed by atoms with Crippen LogP contribution in [0.2, 0.25) is 0 Å². The van der Waals surface area contributed by atoms with Crippen LogP contribution in [-0.4, -0.2) is 37.8 Å². The van der Waals surface area contributed by atoms with Crippen LogP contribution in [-0.2, 0) is 6.42 Å². The average molecular weight is 443 g/mol. The minimum Gasteiger partial charge on any atom is -0.391 e. The molecule has 0 spiro atoms. The molecule has 2 atom stereocenters. The molecule has 1 fully saturated rings. The fourth-order valence-corrected chi connectivity index (χ4v) is 4.50. The van der Waals surface area contributed by atoms with Gasteiger partial charge in [0.05, 0.1) is 17.7 Å². The number of nitrogens with one attached hydrogen (secondary N) is 2. The number of amides is 1. The largest absolute Gasteiger partial charge is 0.391 e. The van der Waals surface area contributed by atoms with E-state index in [0.29, 0.717) is 12.1 Å². The number of pyridine rings is 1. The van der Waals surface area contributed by atoms with Gasteiger partial charge in [0.15, 0.2) is 0 Å². The lowest BCUT2D eigenvalue weighted by molar-refractivity contribution is 0.0713. The van der Waals surface area contributed by atoms with Gasteiger partial charge in [0.1, 0.15) is 5.69 Å². The third-order valence-corrected chi connectivity index (χ3v) is 6.33. The Labute approximate surface area is 191 Å². The SMILES string of the molecule is O=C(N[C@H]1CCCC[C@@H]1O)c1cc(Cc2ccc(-c3ccc(=O)[nH]c3)cc2)c2cccn2n1. The smallest absolute Gasteiger partial charge is 0.272 e. The van der Waals surface area contributed by atoms with E-state index in [9.17, 15) is 14.7 Å². The van der Waals surface area contributed by atoms with Crippen molar-refractivity contribution in [1.82, 2.24) is 19.9 Å². The first-order valence-electron chi connectivity index (χ1n) is 11.3. The van der Waals surface area contributed by atoms with Crippen molar-refractivity contribution in [3.63, 3.8) is 0 Å². The van der Waals surface area contributed by atoms with E-state index in [-0.39, 0.29) is 17.5 Å². The minimum absolute atomic E-state index is 0.123. The van der Waals surface area contributed by atoms with Crippen LogP contribution in [0.5, 0.6) is 0 Å². The summed E-state index contributed by atoms with van der Waals surface area (Å²) in [6, 6.07) is 17.0. The standard InChI is InChI=1S/C26H26N4O3/c31-24-6-2-1-4-21(24)28-26(33)22-15-20(23-5-3-13-30(23)29-22)14-17-7-9-18(10-8-17)19-11-12-25(32)27-16-19/h3,5,7-13,15-16,21,24,31H,1-2,4,6,14H2,(H,27,32)(H,28,33)/t21-,24-/m0/s1. The van der Waals surface area contributed by atoms with Gasteiger partial charge in [-0.1, -0.05) is 37.1 Å². The lowest BCUT2D eigenvalue weighted by atomic mass is 9.92. The van der Waals surface area contributed by atoms with Crippen molar-refractivity contribution in [2.24, 2.45) is 0 Å². The Bertz CT molecular complexity index is 1320. The number of aliphatic hydroxyl groups excluding tert-OH is 1. The van der Waals surface area contributed by atoms with Crippen molar-refractivity contribution in [1.29, 1.82) is 0 Å². The second-order valence-electron chi connectivity index (χ2n) is 8.64. The molecule has 0 bridgehead atoms. The highest BCUT2D eigenvalue weighted by Crippen LogP contribution is 2.22. The maximum atomic E-state index is 12.9. The maximum Gasteiger partial charge on any atom is 0.272 e. The number of rotatable bonds is 5. The number of carbonyl (C=O) groups excluding carboxylic acids is 1. The molecule has 1 aliphatic carbocycles. The summed E-state index contributed by atoms with van der Waals surface area (Å²) in [5.41, 5.74) is 5.24. The molecule has 3 heterocycles. The van der Waals surface area contributed by atoms with Crippen molar-refractivity contribution >= 4 is 11.4 Å². The number of benzene rings is 1. The summed E-state index contributed by atoms with van der Waals surface area (Å²) in [5, 5.41) is 17.7. The second kappa shape index (κ2) is 9.03. The number of aliphatic hydroxyl groups is 1. The van der Waals surface area contributed by atoms with E-state index in [2.05, 4.69) is 27.5 Å². The van der Waals surface area contributed by atoms with Gasteiger partial charge in [-0.2, -0.15) is 5.10 Å². The van der Waals surface area contributed by atoms with Gasteiger partial charge in [-0.15, -0.1) is 0 Å². The van der Waals surface area contributed by atoms with Crippen LogP contribution in [0.25, 0.3) is 16.6 Å². The van der Waals surface area contributed by atoms with E-state index < -0.39 is 6.10 Å². The Morgan fingerprint density at radius 3 is 2.64 bits per heavy atom. The number of carbonyl (C=O) groups is 1. The van der Waals surface area contributed by atoms with E-state index >= 15 is 0 Å². The topological polar surface area (TPSA) is 99.5 Å². The van der Waals surface area contributed by atoms with Gasteiger partial charge in [-0.05, 0) is 65.8 Å². The van der Waals surface area contributed by atoms with Crippen molar-refractivity contribution in [3.8, 4) is 11.1 Å². The number of nitrogens with zero attached hydrogens (tertiary/aromatic N) is 2. The summed E-state index contributed by atoms with van der Waals surface area (Å²) in [6.45, 7) is 0. The third kappa shape index (κ3) is 4.59. The molecule has 7 heteroatoms. The van der Waals surface area contributed by atoms with Crippen molar-refractivity contribution < 1.29 is 9.90 Å². The molecule has 1 amide bonds. The Hall–Kier alpha value is -3.71. The Kier molecular flexibility index (Phi) is 5.79. The summed E-state index contributed by atoms with van der Waals surface area (Å²) in [7, 11) is 0. The predicted molar refractivity (Wildman–Crippen MR) is 126 cm³/mol. The molecule has 7 nitrogen and oxygen atoms in total. The van der Waals surface area contributed by atoms with Crippen LogP contribution < -0.4 is 10.9 Å². The summed E-state index contributed by atoms with van der Waals surface area (Å²) in [6.07, 6.45) is 7.19. The third-order valence-electron chi connectivity index (χ3n) is 6.33. The number of hydrogen-bond acceptors (Lipinski definition) is 4. The number of hydrogen-bond donors (Lipinski definition) is 3. The molecule has 3 N–H and O–H groups in total. The van der Waals surface area contributed by atoms with Crippen LogP contribution in [0.3, 0.4) is 0 Å². The molecule has 0 saturated heterocycles. The highest BCUT2D eigenvalue weighted by molar-refractivity contribution is 5.93. The average Bonchev–Trinajstić information content (AvgIpc) is 3.31. The number of fused-ring (bicyclic) bond motifs is 1. The van der Waals surface area contributed by atoms with Crippen LogP contribution in [0, 0.1) is 0 Å². The number of aromatic nitrogens is 3. The Morgan fingerprint density at radius 1 is 1.09 bits per heavy atom. The second-order valence-corrected chi connectivity index (χ2v) is 8.64. The molecular weight excluding hydrogens is 416 g/mol. The van der Waals surface area contributed by atoms with Gasteiger partial charge in [0.25, 0.3) is 5.91 Å². The highest BCUT2D eigenvalue weighted by Gasteiger charge is 2.25. The van der Waals surface area contributed by atoms with Crippen molar-refractivity contribution in [2.75, 3.05) is 0 Å². The lowest BCUT2D eigenvalue weighted by Gasteiger charge is -2.28. The normalized spacial score (nSPS) is 18.3. The van der Waals surface area contributed by atoms with Gasteiger partial charge in [-0.3, -0.25) is 9.59 Å². The quantitative estimate of drug-likeness (QED) is 0.442. The molecule has 0 unspecified atom stereocenters. The zero-order chi connectivity index (χ0) is 22.8. The van der Waals surface area contributed by atoms with Crippen molar-refractivity contribution in [3.05, 3.63) is 94.2 Å². The molecule has 0 radical (unpaired) electrons. The van der Waals surface area contributed by atoms with E-state index in [0.717, 1.165) is 53.5 Å². The van der Waals surface area contributed by atoms with Crippen LogP contribution in [0.15, 0.2) is 71.8 Å². The molecule has 33 heavy (non-hydrogen) atoms. The van der Waals surface area contributed by atoms with Crippen LogP contribution in [0.1, 0.15) is 47.3 Å². The molecule has 5 rings (SSSR count). The fraction of sp³-hybridized carbons (Fsp3) is 0.269. The summed E-state index contributed by atoms with van der Waals surface area (Å²) in [4.78, 5) is 26.9. The first-order valence-corrected chi connectivity index (χ1v) is 11.3. The maximum absolute atomic E-state index is 12.9. The van der Waals surface area contributed by atoms with E-state index in [1.54, 1.807) is 16.8 Å². The fourth-order valence-electron chi connectivity index (χ4n) is 4.50. The zero-order valence-electron chi connectivity index (χ0n) is 18.2. The van der Waals surface area contributed by atoms with Gasteiger partial charge in [0.2, 0.25) is 5.56 Å². The summed E-state index contributed by atoms with van der Waals surface area (Å²) < 4.78 is 1.73. The van der Waals surface area contributed by atoms with Gasteiger partial charge in [0, 0.05) is 18.5 Å². The molecule has 0 aliphatic heterocycles. The van der Waals surface area contributed by atoms with Crippen molar-refractivity contribution in [2.45, 2.75) is 44.2 Å². The highest BCUT2D eigenvalue weighted by atomic mass is 16.3. The van der Waals surface area contributed by atoms with Crippen LogP contribution >= 0.6 is 0 Å². The van der Waals surface area contributed by atoms with Gasteiger partial charge < -0.3 is 15.4 Å². The molecule has 1 aromatic carbocycles. The number of aromatic amines is 1. The molecule has 3 aromatic heterocycles. The molecule has 1 aliphatic rings. The van der Waals surface area contributed by atoms with Gasteiger partial charge in [-0.25, -0.2) is 4.52 Å². The Balaban J connectivity index is 1.38. The zero-order valence-corrected chi connectivity index (χ0v) is 18.2. The first-order chi connectivity index (χ1) is 16.1. The molecular formula is C26H26N4O3. The van der Waals surface area contributed by atoms with E-state index in [1.165, 1.54) is 6.07 Å². The molecule has 168 valence electrons. The molecule has 1 saturated carbocycles. The predicted octanol–water partition coefficient (Wildman–Crippen LogP) is 3.31. The van der Waals surface area contributed by atoms with Gasteiger partial charge >= 0.3 is 0 Å². The minimum atomic E-state index is -0.501. The first kappa shape index (κ1) is 21.2. The number of H-pyrrole nitrogens is 1. The Morgan fingerprint density at radius 2 is 1.88 bits per heavy atom. The monoisotopic (exact) mass is 442 g/mol. The molecule has 4 aromatic rings.